The van der Waals surface area contributed by atoms with Gasteiger partial charge in [0.15, 0.2) is 0 Å². The predicted octanol–water partition coefficient (Wildman–Crippen LogP) is 1.68. The summed E-state index contributed by atoms with van der Waals surface area (Å²) < 4.78 is 0. The van der Waals surface area contributed by atoms with Crippen molar-refractivity contribution in [3.8, 4) is 0 Å². The molecule has 1 aromatic carbocycles. The number of aliphatic hydroxyl groups excluding tert-OH is 1. The molecule has 0 amide bonds. The Balaban J connectivity index is 2.15. The molecule has 4 atom stereocenters. The van der Waals surface area contributed by atoms with Crippen LogP contribution in [-0.2, 0) is 6.42 Å². The van der Waals surface area contributed by atoms with Gasteiger partial charge in [0.1, 0.15) is 6.10 Å². The average molecular weight is 294 g/mol. The summed E-state index contributed by atoms with van der Waals surface area (Å²) in [6.45, 7) is 0. The number of hydrogen-bond donors (Lipinski definition) is 1. The molecule has 4 unspecified atom stereocenters. The fraction of sp³-hybridized carbons (Fsp3) is 0.571. The van der Waals surface area contributed by atoms with Crippen LogP contribution in [0.2, 0.25) is 0 Å². The summed E-state index contributed by atoms with van der Waals surface area (Å²) in [5, 5.41) is 32.2. The Morgan fingerprint density at radius 2 is 1.76 bits per heavy atom. The van der Waals surface area contributed by atoms with Gasteiger partial charge in [0.25, 0.3) is 0 Å². The largest absolute Gasteiger partial charge is 0.386 e. The predicted molar refractivity (Wildman–Crippen MR) is 75.1 cm³/mol. The molecule has 1 aromatic rings. The normalized spacial score (nSPS) is 29.0. The van der Waals surface area contributed by atoms with Gasteiger partial charge in [0, 0.05) is 16.3 Å². The molecule has 0 saturated heterocycles. The molecule has 1 fully saturated rings. The van der Waals surface area contributed by atoms with E-state index in [0.29, 0.717) is 12.8 Å². The van der Waals surface area contributed by atoms with Crippen LogP contribution < -0.4 is 0 Å². The Kier molecular flexibility index (Phi) is 4.85. The van der Waals surface area contributed by atoms with Crippen molar-refractivity contribution in [2.45, 2.75) is 43.9 Å². The van der Waals surface area contributed by atoms with Gasteiger partial charge in [-0.1, -0.05) is 30.3 Å². The lowest BCUT2D eigenvalue weighted by Gasteiger charge is -2.31. The second kappa shape index (κ2) is 6.62. The number of rotatable bonds is 5. The SMILES string of the molecule is O=[N+]([O-])C1CCC(O)C([N+](=O)[O-])C1CCc1ccccc1. The highest BCUT2D eigenvalue weighted by Gasteiger charge is 2.51. The van der Waals surface area contributed by atoms with E-state index in [0.717, 1.165) is 5.56 Å². The summed E-state index contributed by atoms with van der Waals surface area (Å²) in [6, 6.07) is 7.17. The van der Waals surface area contributed by atoms with E-state index < -0.39 is 34.0 Å². The minimum absolute atomic E-state index is 0.110. The minimum Gasteiger partial charge on any atom is -0.386 e. The summed E-state index contributed by atoms with van der Waals surface area (Å²) in [6.07, 6.45) is 0.0690. The third kappa shape index (κ3) is 3.55. The molecule has 7 nitrogen and oxygen atoms in total. The lowest BCUT2D eigenvalue weighted by molar-refractivity contribution is -0.591. The number of nitro groups is 2. The van der Waals surface area contributed by atoms with Crippen LogP contribution >= 0.6 is 0 Å². The smallest absolute Gasteiger partial charge is 0.247 e. The van der Waals surface area contributed by atoms with Crippen molar-refractivity contribution in [2.75, 3.05) is 0 Å². The molecule has 114 valence electrons. The van der Waals surface area contributed by atoms with Crippen LogP contribution in [0.15, 0.2) is 30.3 Å². The van der Waals surface area contributed by atoms with Crippen molar-refractivity contribution in [2.24, 2.45) is 5.92 Å². The molecular weight excluding hydrogens is 276 g/mol. The second-order valence-electron chi connectivity index (χ2n) is 5.46. The van der Waals surface area contributed by atoms with Gasteiger partial charge in [-0.15, -0.1) is 0 Å². The minimum atomic E-state index is -1.25. The van der Waals surface area contributed by atoms with Gasteiger partial charge >= 0.3 is 0 Å². The van der Waals surface area contributed by atoms with Crippen molar-refractivity contribution < 1.29 is 15.0 Å². The van der Waals surface area contributed by atoms with Gasteiger partial charge in [-0.05, 0) is 24.8 Å². The van der Waals surface area contributed by atoms with Gasteiger partial charge < -0.3 is 5.11 Å². The van der Waals surface area contributed by atoms with E-state index in [4.69, 9.17) is 0 Å². The number of benzene rings is 1. The first kappa shape index (κ1) is 15.4. The van der Waals surface area contributed by atoms with E-state index >= 15 is 0 Å². The van der Waals surface area contributed by atoms with Crippen LogP contribution in [0.1, 0.15) is 24.8 Å². The third-order valence-electron chi connectivity index (χ3n) is 4.21. The Hall–Kier alpha value is -2.02. The monoisotopic (exact) mass is 294 g/mol. The van der Waals surface area contributed by atoms with Crippen LogP contribution in [0.5, 0.6) is 0 Å². The fourth-order valence-electron chi connectivity index (χ4n) is 3.14. The van der Waals surface area contributed by atoms with Crippen molar-refractivity contribution in [3.05, 3.63) is 56.1 Å². The van der Waals surface area contributed by atoms with Crippen molar-refractivity contribution in [1.82, 2.24) is 0 Å². The highest BCUT2D eigenvalue weighted by atomic mass is 16.6. The molecule has 1 saturated carbocycles. The molecule has 2 rings (SSSR count). The van der Waals surface area contributed by atoms with Crippen LogP contribution in [-0.4, -0.2) is 33.1 Å². The van der Waals surface area contributed by atoms with E-state index in [1.807, 2.05) is 30.3 Å². The first-order valence-electron chi connectivity index (χ1n) is 6.99. The Morgan fingerprint density at radius 1 is 1.10 bits per heavy atom. The van der Waals surface area contributed by atoms with E-state index in [-0.39, 0.29) is 12.8 Å². The molecule has 1 aliphatic rings. The molecule has 1 N–H and O–H groups in total. The molecular formula is C14H18N2O5. The van der Waals surface area contributed by atoms with E-state index in [1.165, 1.54) is 0 Å². The van der Waals surface area contributed by atoms with E-state index in [1.54, 1.807) is 0 Å². The second-order valence-corrected chi connectivity index (χ2v) is 5.46. The quantitative estimate of drug-likeness (QED) is 0.656. The number of nitrogens with zero attached hydrogens (tertiary/aromatic N) is 2. The van der Waals surface area contributed by atoms with Gasteiger partial charge in [-0.2, -0.15) is 0 Å². The zero-order chi connectivity index (χ0) is 15.4. The molecule has 0 heterocycles. The maximum atomic E-state index is 11.2. The van der Waals surface area contributed by atoms with Crippen LogP contribution in [0, 0.1) is 26.1 Å². The maximum absolute atomic E-state index is 11.2. The van der Waals surface area contributed by atoms with Crippen LogP contribution in [0.25, 0.3) is 0 Å². The average Bonchev–Trinajstić information content (AvgIpc) is 2.45. The zero-order valence-corrected chi connectivity index (χ0v) is 11.5. The Labute approximate surface area is 121 Å². The lowest BCUT2D eigenvalue weighted by Crippen LogP contribution is -2.51. The summed E-state index contributed by atoms with van der Waals surface area (Å²) in [5.74, 6) is -0.737. The zero-order valence-electron chi connectivity index (χ0n) is 11.5. The van der Waals surface area contributed by atoms with E-state index in [2.05, 4.69) is 0 Å². The van der Waals surface area contributed by atoms with Crippen molar-refractivity contribution >= 4 is 0 Å². The molecule has 0 bridgehead atoms. The van der Waals surface area contributed by atoms with Gasteiger partial charge in [0.2, 0.25) is 12.1 Å². The molecule has 0 aliphatic heterocycles. The van der Waals surface area contributed by atoms with Gasteiger partial charge in [-0.25, -0.2) is 0 Å². The number of aryl methyl sites for hydroxylation is 1. The summed E-state index contributed by atoms with van der Waals surface area (Å²) in [5.41, 5.74) is 0.988. The first-order chi connectivity index (χ1) is 10.0. The maximum Gasteiger partial charge on any atom is 0.247 e. The Bertz CT molecular complexity index is 507. The topological polar surface area (TPSA) is 107 Å². The number of aliphatic hydroxyl groups is 1. The van der Waals surface area contributed by atoms with Gasteiger partial charge in [-0.3, -0.25) is 20.2 Å². The third-order valence-corrected chi connectivity index (χ3v) is 4.21. The van der Waals surface area contributed by atoms with E-state index in [9.17, 15) is 25.3 Å². The summed E-state index contributed by atoms with van der Waals surface area (Å²) >= 11 is 0. The summed E-state index contributed by atoms with van der Waals surface area (Å²) in [7, 11) is 0. The lowest BCUT2D eigenvalue weighted by atomic mass is 9.76. The number of hydrogen-bond acceptors (Lipinski definition) is 5. The molecule has 0 aromatic heterocycles. The molecule has 1 aliphatic carbocycles. The van der Waals surface area contributed by atoms with Gasteiger partial charge in [0.05, 0.1) is 5.92 Å². The molecule has 7 heteroatoms. The first-order valence-corrected chi connectivity index (χ1v) is 6.99. The summed E-state index contributed by atoms with van der Waals surface area (Å²) in [4.78, 5) is 21.3. The van der Waals surface area contributed by atoms with Crippen molar-refractivity contribution in [1.29, 1.82) is 0 Å². The Morgan fingerprint density at radius 3 is 2.33 bits per heavy atom. The standard InChI is InChI=1S/C14H18N2O5/c17-13-9-8-12(15(18)19)11(14(13)16(20)21)7-6-10-4-2-1-3-5-10/h1-5,11-14,17H,6-9H2. The fourth-order valence-corrected chi connectivity index (χ4v) is 3.14. The highest BCUT2D eigenvalue weighted by Crippen LogP contribution is 2.32. The molecule has 21 heavy (non-hydrogen) atoms. The van der Waals surface area contributed by atoms with Crippen molar-refractivity contribution in [3.63, 3.8) is 0 Å². The molecule has 0 spiro atoms. The highest BCUT2D eigenvalue weighted by molar-refractivity contribution is 5.14. The molecule has 0 radical (unpaired) electrons. The van der Waals surface area contributed by atoms with Crippen LogP contribution in [0.3, 0.4) is 0 Å². The van der Waals surface area contributed by atoms with Crippen LogP contribution in [0.4, 0.5) is 0 Å².